The van der Waals surface area contributed by atoms with E-state index < -0.39 is 0 Å². The molecule has 2 aromatic rings. The smallest absolute Gasteiger partial charge is 0.193 e. The van der Waals surface area contributed by atoms with E-state index in [-0.39, 0.29) is 0 Å². The zero-order valence-electron chi connectivity index (χ0n) is 19.7. The molecule has 0 atom stereocenters. The van der Waals surface area contributed by atoms with E-state index in [2.05, 4.69) is 77.8 Å². The third-order valence-corrected chi connectivity index (χ3v) is 6.01. The van der Waals surface area contributed by atoms with Gasteiger partial charge in [0.1, 0.15) is 0 Å². The Balaban J connectivity index is 1.57. The van der Waals surface area contributed by atoms with Crippen molar-refractivity contribution in [1.82, 2.24) is 10.2 Å². The Bertz CT molecular complexity index is 735. The van der Waals surface area contributed by atoms with Gasteiger partial charge < -0.3 is 19.7 Å². The average Bonchev–Trinajstić information content (AvgIpc) is 2.85. The van der Waals surface area contributed by atoms with Gasteiger partial charge in [0.25, 0.3) is 0 Å². The fourth-order valence-electron chi connectivity index (χ4n) is 4.31. The Kier molecular flexibility index (Phi) is 10.6. The summed E-state index contributed by atoms with van der Waals surface area (Å²) in [6.45, 7) is 7.34. The Hall–Kier alpha value is -2.37. The van der Waals surface area contributed by atoms with Crippen LogP contribution in [-0.2, 0) is 9.47 Å². The molecule has 0 aromatic heterocycles. The van der Waals surface area contributed by atoms with Crippen LogP contribution in [0.25, 0.3) is 0 Å². The van der Waals surface area contributed by atoms with Crippen molar-refractivity contribution in [3.05, 3.63) is 71.8 Å². The maximum atomic E-state index is 6.02. The maximum Gasteiger partial charge on any atom is 0.193 e. The predicted octanol–water partition coefficient (Wildman–Crippen LogP) is 4.69. The van der Waals surface area contributed by atoms with Gasteiger partial charge in [-0.2, -0.15) is 0 Å². The van der Waals surface area contributed by atoms with Gasteiger partial charge in [-0.15, -0.1) is 0 Å². The SMILES string of the molecule is CCNC(=NCCC(c1ccccc1)c1ccccc1)N1CCC(OCCCOC)CC1. The molecule has 1 N–H and O–H groups in total. The number of piperidine rings is 1. The largest absolute Gasteiger partial charge is 0.385 e. The number of nitrogens with zero attached hydrogens (tertiary/aromatic N) is 2. The predicted molar refractivity (Wildman–Crippen MR) is 132 cm³/mol. The lowest BCUT2D eigenvalue weighted by molar-refractivity contribution is 0.00990. The van der Waals surface area contributed by atoms with Crippen LogP contribution in [0.15, 0.2) is 65.7 Å². The summed E-state index contributed by atoms with van der Waals surface area (Å²) in [5, 5.41) is 3.50. The number of hydrogen-bond acceptors (Lipinski definition) is 3. The molecule has 2 aromatic carbocycles. The van der Waals surface area contributed by atoms with E-state index in [0.717, 1.165) is 71.0 Å². The molecule has 32 heavy (non-hydrogen) atoms. The minimum atomic E-state index is 0.353. The van der Waals surface area contributed by atoms with Crippen molar-refractivity contribution in [3.8, 4) is 0 Å². The monoisotopic (exact) mass is 437 g/mol. The van der Waals surface area contributed by atoms with Crippen molar-refractivity contribution in [2.75, 3.05) is 46.5 Å². The molecule has 0 radical (unpaired) electrons. The van der Waals surface area contributed by atoms with Crippen LogP contribution in [0.5, 0.6) is 0 Å². The van der Waals surface area contributed by atoms with Crippen LogP contribution in [0.1, 0.15) is 49.7 Å². The molecule has 1 heterocycles. The Morgan fingerprint density at radius 1 is 1.00 bits per heavy atom. The van der Waals surface area contributed by atoms with Crippen LogP contribution >= 0.6 is 0 Å². The van der Waals surface area contributed by atoms with Crippen LogP contribution in [-0.4, -0.2) is 63.5 Å². The lowest BCUT2D eigenvalue weighted by atomic mass is 9.89. The summed E-state index contributed by atoms with van der Waals surface area (Å²) >= 11 is 0. The van der Waals surface area contributed by atoms with E-state index in [0.29, 0.717) is 12.0 Å². The lowest BCUT2D eigenvalue weighted by Gasteiger charge is -2.34. The number of likely N-dealkylation sites (tertiary alicyclic amines) is 1. The highest BCUT2D eigenvalue weighted by atomic mass is 16.5. The van der Waals surface area contributed by atoms with E-state index in [9.17, 15) is 0 Å². The zero-order valence-corrected chi connectivity index (χ0v) is 19.7. The second-order valence-corrected chi connectivity index (χ2v) is 8.30. The van der Waals surface area contributed by atoms with Crippen LogP contribution in [0.2, 0.25) is 0 Å². The van der Waals surface area contributed by atoms with Crippen molar-refractivity contribution in [2.45, 2.75) is 44.6 Å². The zero-order chi connectivity index (χ0) is 22.4. The number of aliphatic imine (C=N–C) groups is 1. The summed E-state index contributed by atoms with van der Waals surface area (Å²) in [4.78, 5) is 7.40. The third kappa shape index (κ3) is 7.64. The summed E-state index contributed by atoms with van der Waals surface area (Å²) < 4.78 is 11.1. The molecule has 5 heteroatoms. The summed E-state index contributed by atoms with van der Waals surface area (Å²) in [6.07, 6.45) is 4.40. The molecule has 174 valence electrons. The van der Waals surface area contributed by atoms with Gasteiger partial charge in [-0.1, -0.05) is 60.7 Å². The van der Waals surface area contributed by atoms with Gasteiger partial charge in [-0.05, 0) is 43.7 Å². The van der Waals surface area contributed by atoms with Gasteiger partial charge in [0.05, 0.1) is 6.10 Å². The molecule has 0 unspecified atom stereocenters. The summed E-state index contributed by atoms with van der Waals surface area (Å²) in [6, 6.07) is 21.6. The average molecular weight is 438 g/mol. The fourth-order valence-corrected chi connectivity index (χ4v) is 4.31. The first-order valence-corrected chi connectivity index (χ1v) is 12.1. The summed E-state index contributed by atoms with van der Waals surface area (Å²) in [7, 11) is 1.74. The molecular weight excluding hydrogens is 398 g/mol. The van der Waals surface area contributed by atoms with Gasteiger partial charge in [0, 0.05) is 52.4 Å². The minimum Gasteiger partial charge on any atom is -0.385 e. The first-order valence-electron chi connectivity index (χ1n) is 12.1. The maximum absolute atomic E-state index is 6.02. The molecule has 1 aliphatic heterocycles. The van der Waals surface area contributed by atoms with Crippen LogP contribution < -0.4 is 5.32 Å². The quantitative estimate of drug-likeness (QED) is 0.315. The van der Waals surface area contributed by atoms with Crippen molar-refractivity contribution in [3.63, 3.8) is 0 Å². The second kappa shape index (κ2) is 13.9. The molecule has 1 fully saturated rings. The van der Waals surface area contributed by atoms with Crippen molar-refractivity contribution in [2.24, 2.45) is 4.99 Å². The van der Waals surface area contributed by atoms with Crippen molar-refractivity contribution < 1.29 is 9.47 Å². The van der Waals surface area contributed by atoms with E-state index in [1.54, 1.807) is 7.11 Å². The van der Waals surface area contributed by atoms with E-state index in [1.165, 1.54) is 11.1 Å². The molecule has 5 nitrogen and oxygen atoms in total. The summed E-state index contributed by atoms with van der Waals surface area (Å²) in [5.41, 5.74) is 2.70. The first kappa shape index (κ1) is 24.3. The fraction of sp³-hybridized carbons (Fsp3) is 0.519. The van der Waals surface area contributed by atoms with Gasteiger partial charge in [0.2, 0.25) is 0 Å². The molecule has 0 bridgehead atoms. The minimum absolute atomic E-state index is 0.353. The number of ether oxygens (including phenoxy) is 2. The standard InChI is InChI=1S/C27H39N3O2/c1-3-28-27(30-19-16-25(17-20-30)32-22-10-21-31-2)29-18-15-26(23-11-6-4-7-12-23)24-13-8-5-9-14-24/h4-9,11-14,25-26H,3,10,15-22H2,1-2H3,(H,28,29). The lowest BCUT2D eigenvalue weighted by Crippen LogP contribution is -2.47. The second-order valence-electron chi connectivity index (χ2n) is 8.30. The first-order chi connectivity index (χ1) is 15.8. The molecule has 0 spiro atoms. The van der Waals surface area contributed by atoms with Crippen LogP contribution in [0.3, 0.4) is 0 Å². The van der Waals surface area contributed by atoms with E-state index in [1.807, 2.05) is 0 Å². The number of methoxy groups -OCH3 is 1. The van der Waals surface area contributed by atoms with Gasteiger partial charge in [0.15, 0.2) is 5.96 Å². The van der Waals surface area contributed by atoms with Gasteiger partial charge in [-0.25, -0.2) is 0 Å². The molecule has 1 saturated heterocycles. The number of guanidine groups is 1. The Labute approximate surface area is 193 Å². The van der Waals surface area contributed by atoms with Crippen LogP contribution in [0, 0.1) is 0 Å². The van der Waals surface area contributed by atoms with E-state index in [4.69, 9.17) is 14.5 Å². The highest BCUT2D eigenvalue weighted by molar-refractivity contribution is 5.80. The Morgan fingerprint density at radius 2 is 1.62 bits per heavy atom. The number of rotatable bonds is 11. The Morgan fingerprint density at radius 3 is 2.19 bits per heavy atom. The van der Waals surface area contributed by atoms with Crippen molar-refractivity contribution in [1.29, 1.82) is 0 Å². The highest BCUT2D eigenvalue weighted by Crippen LogP contribution is 2.27. The topological polar surface area (TPSA) is 46.1 Å². The van der Waals surface area contributed by atoms with Gasteiger partial charge >= 0.3 is 0 Å². The number of nitrogens with one attached hydrogen (secondary N) is 1. The summed E-state index contributed by atoms with van der Waals surface area (Å²) in [5.74, 6) is 1.39. The molecule has 0 saturated carbocycles. The molecular formula is C27H39N3O2. The third-order valence-electron chi connectivity index (χ3n) is 6.01. The van der Waals surface area contributed by atoms with Gasteiger partial charge in [-0.3, -0.25) is 4.99 Å². The normalized spacial score (nSPS) is 15.3. The van der Waals surface area contributed by atoms with Crippen LogP contribution in [0.4, 0.5) is 0 Å². The molecule has 3 rings (SSSR count). The molecule has 0 aliphatic carbocycles. The highest BCUT2D eigenvalue weighted by Gasteiger charge is 2.22. The molecule has 0 amide bonds. The van der Waals surface area contributed by atoms with Crippen molar-refractivity contribution >= 4 is 5.96 Å². The molecule has 1 aliphatic rings. The van der Waals surface area contributed by atoms with E-state index >= 15 is 0 Å². The number of hydrogen-bond donors (Lipinski definition) is 1. The number of benzene rings is 2.